The number of halogens is 3. The second-order valence-corrected chi connectivity index (χ2v) is 6.42. The van der Waals surface area contributed by atoms with Gasteiger partial charge in [0.05, 0.1) is 5.56 Å². The van der Waals surface area contributed by atoms with Crippen LogP contribution in [0.3, 0.4) is 0 Å². The topological polar surface area (TPSA) is 140 Å². The molecule has 2 aromatic rings. The summed E-state index contributed by atoms with van der Waals surface area (Å²) in [5, 5.41) is 9.63. The Morgan fingerprint density at radius 2 is 1.74 bits per heavy atom. The zero-order valence-electron chi connectivity index (χ0n) is 16.9. The van der Waals surface area contributed by atoms with E-state index in [0.29, 0.717) is 0 Å². The van der Waals surface area contributed by atoms with Crippen LogP contribution in [-0.2, 0) is 15.7 Å². The first-order valence-electron chi connectivity index (χ1n) is 9.37. The number of primary amides is 1. The lowest BCUT2D eigenvalue weighted by Crippen LogP contribution is -2.06. The van der Waals surface area contributed by atoms with Crippen LogP contribution >= 0.6 is 0 Å². The molecule has 10 heteroatoms. The maximum atomic E-state index is 12.8. The molecule has 1 fully saturated rings. The fraction of sp³-hybridized carbons (Fsp3) is 0.286. The van der Waals surface area contributed by atoms with Crippen LogP contribution < -0.4 is 17.2 Å². The minimum atomic E-state index is -4.54. The number of hydrogen-bond acceptors (Lipinski definition) is 5. The standard InChI is InChI=1S/C13H12F3N3O.C5H10O.C3H5NO/c14-13(15,16)9-6-19-12(18)8(9)5-10(17)7-3-1-2-4-11(7)20;1-2-4-6-5-3-1;1-2-3(4)5/h1-6,19-20H,17-18H2;1-5H2;2H,1H2,(H2,4,5)/b10-5-;;. The Hall–Kier alpha value is -3.40. The van der Waals surface area contributed by atoms with Crippen molar-refractivity contribution in [2.75, 3.05) is 18.9 Å². The number of phenols is 1. The number of aromatic hydroxyl groups is 1. The number of ether oxygens (including phenoxy) is 1. The summed E-state index contributed by atoms with van der Waals surface area (Å²) in [7, 11) is 0. The van der Waals surface area contributed by atoms with E-state index in [2.05, 4.69) is 17.3 Å². The van der Waals surface area contributed by atoms with Crippen molar-refractivity contribution in [3.8, 4) is 5.75 Å². The number of rotatable bonds is 3. The number of amides is 1. The van der Waals surface area contributed by atoms with Crippen molar-refractivity contribution in [3.63, 3.8) is 0 Å². The van der Waals surface area contributed by atoms with Crippen LogP contribution in [0.1, 0.15) is 36.0 Å². The fourth-order valence-electron chi connectivity index (χ4n) is 2.48. The molecule has 1 aliphatic rings. The molecule has 1 aromatic heterocycles. The molecular weight excluding hydrogens is 413 g/mol. The predicted molar refractivity (Wildman–Crippen MR) is 114 cm³/mol. The summed E-state index contributed by atoms with van der Waals surface area (Å²) >= 11 is 0. The van der Waals surface area contributed by atoms with Gasteiger partial charge in [0.25, 0.3) is 0 Å². The Balaban J connectivity index is 0.000000357. The summed E-state index contributed by atoms with van der Waals surface area (Å²) < 4.78 is 43.5. The number of nitrogens with one attached hydrogen (secondary N) is 1. The number of phenolic OH excluding ortho intramolecular Hbond substituents is 1. The largest absolute Gasteiger partial charge is 0.507 e. The number of hydrogen-bond donors (Lipinski definition) is 5. The molecule has 0 radical (unpaired) electrons. The fourth-order valence-corrected chi connectivity index (χ4v) is 2.48. The van der Waals surface area contributed by atoms with Gasteiger partial charge in [0.2, 0.25) is 5.91 Å². The number of para-hydroxylation sites is 1. The van der Waals surface area contributed by atoms with E-state index < -0.39 is 17.6 Å². The lowest BCUT2D eigenvalue weighted by Gasteiger charge is -2.08. The number of nitrogens with two attached hydrogens (primary N) is 3. The van der Waals surface area contributed by atoms with Crippen LogP contribution in [0.2, 0.25) is 0 Å². The van der Waals surface area contributed by atoms with Gasteiger partial charge >= 0.3 is 6.18 Å². The Morgan fingerprint density at radius 3 is 2.16 bits per heavy atom. The molecule has 1 amide bonds. The van der Waals surface area contributed by atoms with Crippen LogP contribution in [0.5, 0.6) is 5.75 Å². The zero-order valence-corrected chi connectivity index (χ0v) is 16.9. The first-order valence-corrected chi connectivity index (χ1v) is 9.37. The molecule has 0 saturated carbocycles. The molecule has 31 heavy (non-hydrogen) atoms. The lowest BCUT2D eigenvalue weighted by atomic mass is 10.1. The van der Waals surface area contributed by atoms with E-state index in [1.807, 2.05) is 0 Å². The van der Waals surface area contributed by atoms with Gasteiger partial charge in [-0.3, -0.25) is 4.79 Å². The molecular formula is C21H27F3N4O3. The Bertz CT molecular complexity index is 877. The highest BCUT2D eigenvalue weighted by Crippen LogP contribution is 2.36. The van der Waals surface area contributed by atoms with Crippen LogP contribution in [0.4, 0.5) is 19.0 Å². The number of H-pyrrole nitrogens is 1. The quantitative estimate of drug-likeness (QED) is 0.464. The number of anilines is 1. The predicted octanol–water partition coefficient (Wildman–Crippen LogP) is 3.62. The zero-order chi connectivity index (χ0) is 23.4. The Kier molecular flexibility index (Phi) is 10.2. The van der Waals surface area contributed by atoms with Crippen molar-refractivity contribution < 1.29 is 27.8 Å². The molecule has 2 heterocycles. The summed E-state index contributed by atoms with van der Waals surface area (Å²) in [6.45, 7) is 5.09. The second-order valence-electron chi connectivity index (χ2n) is 6.42. The summed E-state index contributed by atoms with van der Waals surface area (Å²) in [6, 6.07) is 6.08. The highest BCUT2D eigenvalue weighted by Gasteiger charge is 2.34. The third-order valence-corrected chi connectivity index (χ3v) is 4.05. The van der Waals surface area contributed by atoms with Crippen molar-refractivity contribution in [1.29, 1.82) is 0 Å². The second kappa shape index (κ2) is 12.3. The van der Waals surface area contributed by atoms with E-state index >= 15 is 0 Å². The summed E-state index contributed by atoms with van der Waals surface area (Å²) in [4.78, 5) is 11.8. The molecule has 8 N–H and O–H groups in total. The number of aromatic nitrogens is 1. The molecule has 0 spiro atoms. The number of carbonyl (C=O) groups excluding carboxylic acids is 1. The van der Waals surface area contributed by atoms with E-state index in [1.54, 1.807) is 12.1 Å². The highest BCUT2D eigenvalue weighted by molar-refractivity contribution is 5.85. The minimum absolute atomic E-state index is 0.0140. The van der Waals surface area contributed by atoms with Gasteiger partial charge < -0.3 is 32.0 Å². The summed E-state index contributed by atoms with van der Waals surface area (Å²) in [6.07, 6.45) is 2.31. The van der Waals surface area contributed by atoms with Gasteiger partial charge in [-0.25, -0.2) is 0 Å². The normalized spacial score (nSPS) is 13.8. The van der Waals surface area contributed by atoms with Gasteiger partial charge in [-0.1, -0.05) is 18.7 Å². The number of alkyl halides is 3. The minimum Gasteiger partial charge on any atom is -0.507 e. The molecule has 3 rings (SSSR count). The van der Waals surface area contributed by atoms with E-state index in [-0.39, 0.29) is 28.4 Å². The van der Waals surface area contributed by atoms with Crippen LogP contribution in [-0.4, -0.2) is 29.2 Å². The third kappa shape index (κ3) is 8.87. The average molecular weight is 440 g/mol. The van der Waals surface area contributed by atoms with Crippen LogP contribution in [0.15, 0.2) is 43.1 Å². The molecule has 170 valence electrons. The van der Waals surface area contributed by atoms with E-state index in [0.717, 1.165) is 31.6 Å². The third-order valence-electron chi connectivity index (χ3n) is 4.05. The van der Waals surface area contributed by atoms with E-state index in [1.165, 1.54) is 31.4 Å². The summed E-state index contributed by atoms with van der Waals surface area (Å²) in [5.74, 6) is -0.746. The summed E-state index contributed by atoms with van der Waals surface area (Å²) in [5.41, 5.74) is 14.8. The molecule has 0 aliphatic carbocycles. The SMILES string of the molecule is C1CCOCC1.C=CC(N)=O.N/C(=C\c1c(C(F)(F)F)c[nH]c1N)c1ccccc1O. The maximum absolute atomic E-state index is 12.8. The molecule has 7 nitrogen and oxygen atoms in total. The number of benzene rings is 1. The van der Waals surface area contributed by atoms with Crippen molar-refractivity contribution in [3.05, 3.63) is 59.8 Å². The molecule has 0 bridgehead atoms. The monoisotopic (exact) mass is 440 g/mol. The number of nitrogen functional groups attached to an aromatic ring is 1. The lowest BCUT2D eigenvalue weighted by molar-refractivity contribution is -0.137. The molecule has 0 atom stereocenters. The van der Waals surface area contributed by atoms with Gasteiger partial charge in [0, 0.05) is 36.2 Å². The smallest absolute Gasteiger partial charge is 0.418 e. The molecule has 1 saturated heterocycles. The number of carbonyl (C=O) groups is 1. The Morgan fingerprint density at radius 1 is 1.16 bits per heavy atom. The van der Waals surface area contributed by atoms with Gasteiger partial charge in [-0.15, -0.1) is 0 Å². The van der Waals surface area contributed by atoms with Crippen molar-refractivity contribution in [2.24, 2.45) is 11.5 Å². The average Bonchev–Trinajstić information content (AvgIpc) is 3.11. The molecule has 1 aliphatic heterocycles. The highest BCUT2D eigenvalue weighted by atomic mass is 19.4. The van der Waals surface area contributed by atoms with Crippen molar-refractivity contribution in [1.82, 2.24) is 4.98 Å². The van der Waals surface area contributed by atoms with Gasteiger partial charge in [0.1, 0.15) is 11.6 Å². The van der Waals surface area contributed by atoms with Crippen molar-refractivity contribution >= 4 is 23.5 Å². The maximum Gasteiger partial charge on any atom is 0.418 e. The van der Waals surface area contributed by atoms with Gasteiger partial charge in [-0.05, 0) is 43.5 Å². The van der Waals surface area contributed by atoms with Crippen LogP contribution in [0, 0.1) is 0 Å². The van der Waals surface area contributed by atoms with Gasteiger partial charge in [-0.2, -0.15) is 13.2 Å². The van der Waals surface area contributed by atoms with E-state index in [9.17, 15) is 23.1 Å². The molecule has 1 aromatic carbocycles. The van der Waals surface area contributed by atoms with Gasteiger partial charge in [0.15, 0.2) is 0 Å². The Labute approximate surface area is 178 Å². The van der Waals surface area contributed by atoms with Crippen molar-refractivity contribution in [2.45, 2.75) is 25.4 Å². The first-order chi connectivity index (χ1) is 14.6. The van der Waals surface area contributed by atoms with Crippen LogP contribution in [0.25, 0.3) is 11.8 Å². The van der Waals surface area contributed by atoms with E-state index in [4.69, 9.17) is 16.2 Å². The first kappa shape index (κ1) is 25.6. The number of aromatic amines is 1. The molecule has 0 unspecified atom stereocenters.